The van der Waals surface area contributed by atoms with Crippen LogP contribution in [0.5, 0.6) is 0 Å². The van der Waals surface area contributed by atoms with Crippen molar-refractivity contribution in [1.29, 1.82) is 0 Å². The Bertz CT molecular complexity index is 288. The van der Waals surface area contributed by atoms with Gasteiger partial charge in [-0.1, -0.05) is 10.8 Å². The number of rotatable bonds is 6. The van der Waals surface area contributed by atoms with E-state index in [1.165, 1.54) is 13.4 Å². The van der Waals surface area contributed by atoms with Gasteiger partial charge < -0.3 is 4.84 Å². The van der Waals surface area contributed by atoms with Crippen molar-refractivity contribution in [3.63, 3.8) is 0 Å². The Morgan fingerprint density at radius 3 is 3.06 bits per heavy atom. The number of hydrogen-bond acceptors (Lipinski definition) is 8. The maximum atomic E-state index is 11.0. The van der Waals surface area contributed by atoms with Gasteiger partial charge in [-0.3, -0.25) is 10.0 Å². The average Bonchev–Trinajstić information content (AvgIpc) is 2.29. The Labute approximate surface area is 102 Å². The predicted molar refractivity (Wildman–Crippen MR) is 60.2 cm³/mol. The quantitative estimate of drug-likeness (QED) is 0.632. The third-order valence-corrected chi connectivity index (χ3v) is 2.66. The van der Waals surface area contributed by atoms with Gasteiger partial charge >= 0.3 is 0 Å². The number of nitrogens with one attached hydrogen (secondary N) is 1. The Morgan fingerprint density at radius 2 is 2.47 bits per heavy atom. The molecular formula is C8H17N3O5S. The fourth-order valence-electron chi connectivity index (χ4n) is 1.62. The van der Waals surface area contributed by atoms with Crippen LogP contribution in [-0.2, 0) is 25.0 Å². The molecule has 2 unspecified atom stereocenters. The fourth-order valence-corrected chi connectivity index (χ4v) is 2.08. The summed E-state index contributed by atoms with van der Waals surface area (Å²) in [5.74, 6) is 0. The molecule has 1 aliphatic rings. The monoisotopic (exact) mass is 267 g/mol. The second kappa shape index (κ2) is 7.69. The van der Waals surface area contributed by atoms with Gasteiger partial charge in [0.05, 0.1) is 18.4 Å². The van der Waals surface area contributed by atoms with Gasteiger partial charge in [-0.25, -0.2) is 4.21 Å². The van der Waals surface area contributed by atoms with Crippen molar-refractivity contribution in [2.45, 2.75) is 18.9 Å². The van der Waals surface area contributed by atoms with Crippen LogP contribution < -0.4 is 5.64 Å². The maximum Gasteiger partial charge on any atom is 0.170 e. The Hall–Kier alpha value is -0.580. The minimum absolute atomic E-state index is 0.177. The zero-order valence-electron chi connectivity index (χ0n) is 9.79. The molecule has 2 N–H and O–H groups in total. The van der Waals surface area contributed by atoms with Crippen LogP contribution >= 0.6 is 0 Å². The lowest BCUT2D eigenvalue weighted by Gasteiger charge is -2.32. The Kier molecular flexibility index (Phi) is 6.55. The molecule has 1 aliphatic heterocycles. The molecule has 0 saturated carbocycles. The lowest BCUT2D eigenvalue weighted by Crippen LogP contribution is -2.46. The van der Waals surface area contributed by atoms with E-state index in [4.69, 9.17) is 19.2 Å². The molecule has 0 aromatic carbocycles. The third-order valence-electron chi connectivity index (χ3n) is 2.26. The lowest BCUT2D eigenvalue weighted by atomic mass is 10.0. The summed E-state index contributed by atoms with van der Waals surface area (Å²) in [4.78, 5) is 9.41. The molecule has 0 aromatic heterocycles. The van der Waals surface area contributed by atoms with Gasteiger partial charge in [0, 0.05) is 25.6 Å². The second-order valence-electron chi connectivity index (χ2n) is 3.47. The topological polar surface area (TPSA) is 92.6 Å². The molecule has 100 valence electrons. The third kappa shape index (κ3) is 5.06. The molecule has 0 aromatic rings. The van der Waals surface area contributed by atoms with Crippen LogP contribution in [-0.4, -0.2) is 52.8 Å². The highest BCUT2D eigenvalue weighted by Crippen LogP contribution is 2.17. The molecule has 17 heavy (non-hydrogen) atoms. The van der Waals surface area contributed by atoms with Crippen molar-refractivity contribution < 1.29 is 23.4 Å². The van der Waals surface area contributed by atoms with E-state index in [1.54, 1.807) is 10.7 Å². The number of nitrogens with zero attached hydrogens (tertiary/aromatic N) is 2. The van der Waals surface area contributed by atoms with Crippen LogP contribution in [0.4, 0.5) is 0 Å². The smallest absolute Gasteiger partial charge is 0.170 e. The standard InChI is InChI=1S/C8H17N3O5S/c1-14-9-7-3-4-11(16-17(2)13)8(5-7)6-15-10-12/h8,10,12H,3-6H2,1-2H3/b9-7-. The number of oxime groups is 1. The summed E-state index contributed by atoms with van der Waals surface area (Å²) in [6.45, 7) is 0.720. The van der Waals surface area contributed by atoms with E-state index in [9.17, 15) is 4.21 Å². The van der Waals surface area contributed by atoms with Gasteiger partial charge in [0.25, 0.3) is 0 Å². The molecule has 0 bridgehead atoms. The summed E-state index contributed by atoms with van der Waals surface area (Å²) in [5.41, 5.74) is 2.48. The van der Waals surface area contributed by atoms with Crippen LogP contribution in [0, 0.1) is 0 Å². The minimum atomic E-state index is -1.39. The normalized spacial score (nSPS) is 26.1. The van der Waals surface area contributed by atoms with Gasteiger partial charge in [0.2, 0.25) is 0 Å². The zero-order chi connectivity index (χ0) is 12.7. The molecule has 1 heterocycles. The molecule has 0 spiro atoms. The van der Waals surface area contributed by atoms with E-state index in [1.807, 2.05) is 0 Å². The van der Waals surface area contributed by atoms with E-state index in [0.29, 0.717) is 19.4 Å². The molecule has 1 saturated heterocycles. The molecule has 9 heteroatoms. The highest BCUT2D eigenvalue weighted by molar-refractivity contribution is 7.79. The minimum Gasteiger partial charge on any atom is -0.399 e. The maximum absolute atomic E-state index is 11.0. The van der Waals surface area contributed by atoms with E-state index < -0.39 is 11.1 Å². The first-order valence-corrected chi connectivity index (χ1v) is 6.54. The van der Waals surface area contributed by atoms with Gasteiger partial charge in [-0.05, 0) is 0 Å². The molecule has 0 radical (unpaired) electrons. The number of piperidine rings is 1. The van der Waals surface area contributed by atoms with Gasteiger partial charge in [0.15, 0.2) is 11.1 Å². The molecule has 8 nitrogen and oxygen atoms in total. The first-order valence-electron chi connectivity index (χ1n) is 5.05. The highest BCUT2D eigenvalue weighted by atomic mass is 32.2. The van der Waals surface area contributed by atoms with Crippen molar-refractivity contribution in [3.05, 3.63) is 0 Å². The summed E-state index contributed by atoms with van der Waals surface area (Å²) in [6.07, 6.45) is 2.68. The van der Waals surface area contributed by atoms with Crippen LogP contribution in [0.15, 0.2) is 5.16 Å². The van der Waals surface area contributed by atoms with Gasteiger partial charge in [-0.2, -0.15) is 9.35 Å². The van der Waals surface area contributed by atoms with Crippen molar-refractivity contribution in [2.24, 2.45) is 5.16 Å². The molecule has 1 rings (SSSR count). The first-order chi connectivity index (χ1) is 8.17. The highest BCUT2D eigenvalue weighted by Gasteiger charge is 2.28. The lowest BCUT2D eigenvalue weighted by molar-refractivity contribution is -0.170. The van der Waals surface area contributed by atoms with E-state index in [2.05, 4.69) is 5.16 Å². The van der Waals surface area contributed by atoms with Crippen molar-refractivity contribution in [2.75, 3.05) is 26.5 Å². The van der Waals surface area contributed by atoms with Crippen LogP contribution in [0.2, 0.25) is 0 Å². The van der Waals surface area contributed by atoms with Gasteiger partial charge in [-0.15, -0.1) is 0 Å². The van der Waals surface area contributed by atoms with Gasteiger partial charge in [0.1, 0.15) is 7.11 Å². The Morgan fingerprint density at radius 1 is 1.71 bits per heavy atom. The van der Waals surface area contributed by atoms with Crippen LogP contribution in [0.3, 0.4) is 0 Å². The first kappa shape index (κ1) is 14.5. The summed E-state index contributed by atoms with van der Waals surface area (Å²) in [5, 5.41) is 13.8. The summed E-state index contributed by atoms with van der Waals surface area (Å²) in [6, 6.07) is -0.179. The SMILES string of the molecule is CO/N=C1/CCN(OS(C)=O)C(CONO)C1. The molecule has 1 fully saturated rings. The largest absolute Gasteiger partial charge is 0.399 e. The van der Waals surface area contributed by atoms with Crippen molar-refractivity contribution >= 4 is 16.8 Å². The summed E-state index contributed by atoms with van der Waals surface area (Å²) >= 11 is -1.39. The Balaban J connectivity index is 2.58. The summed E-state index contributed by atoms with van der Waals surface area (Å²) < 4.78 is 16.2. The second-order valence-corrected chi connectivity index (χ2v) is 4.42. The predicted octanol–water partition coefficient (Wildman–Crippen LogP) is -0.411. The number of hydrogen-bond donors (Lipinski definition) is 2. The molecule has 0 amide bonds. The average molecular weight is 267 g/mol. The molecular weight excluding hydrogens is 250 g/mol. The molecule has 2 atom stereocenters. The number of hydroxylamine groups is 2. The van der Waals surface area contributed by atoms with Crippen LogP contribution in [0.1, 0.15) is 12.8 Å². The van der Waals surface area contributed by atoms with Crippen molar-refractivity contribution in [1.82, 2.24) is 10.7 Å². The van der Waals surface area contributed by atoms with E-state index in [0.717, 1.165) is 5.71 Å². The zero-order valence-corrected chi connectivity index (χ0v) is 10.6. The van der Waals surface area contributed by atoms with E-state index in [-0.39, 0.29) is 12.6 Å². The van der Waals surface area contributed by atoms with Crippen LogP contribution in [0.25, 0.3) is 0 Å². The molecule has 0 aliphatic carbocycles. The van der Waals surface area contributed by atoms with E-state index >= 15 is 0 Å². The van der Waals surface area contributed by atoms with Crippen molar-refractivity contribution in [3.8, 4) is 0 Å². The summed E-state index contributed by atoms with van der Waals surface area (Å²) in [7, 11) is 1.48. The fraction of sp³-hybridized carbons (Fsp3) is 0.875.